The van der Waals surface area contributed by atoms with Gasteiger partial charge in [-0.15, -0.1) is 5.10 Å². The summed E-state index contributed by atoms with van der Waals surface area (Å²) in [5.41, 5.74) is 1.85. The Morgan fingerprint density at radius 3 is 2.54 bits per heavy atom. The Bertz CT molecular complexity index is 941. The van der Waals surface area contributed by atoms with Crippen molar-refractivity contribution >= 4 is 27.7 Å². The molecule has 2 aromatic carbocycles. The average molecular weight is 436 g/mol. The molecule has 0 fully saturated rings. The lowest BCUT2D eigenvalue weighted by molar-refractivity contribution is 0.354. The molecule has 0 saturated carbocycles. The Balaban J connectivity index is 1.80. The van der Waals surface area contributed by atoms with E-state index in [0.29, 0.717) is 29.0 Å². The van der Waals surface area contributed by atoms with Crippen LogP contribution in [0.25, 0.3) is 0 Å². The molecule has 1 aromatic heterocycles. The molecule has 0 unspecified atom stereocenters. The van der Waals surface area contributed by atoms with E-state index in [1.807, 2.05) is 42.5 Å². The summed E-state index contributed by atoms with van der Waals surface area (Å²) >= 11 is 5.04. The molecule has 0 amide bonds. The van der Waals surface area contributed by atoms with E-state index in [1.54, 1.807) is 18.8 Å². The molecule has 3 rings (SSSR count). The first-order valence-electron chi connectivity index (χ1n) is 7.84. The third-order valence-corrected chi connectivity index (χ3v) is 5.58. The largest absolute Gasteiger partial charge is 0.493 e. The Labute approximate surface area is 163 Å². The number of nitrogens with zero attached hydrogens (tertiary/aromatic N) is 2. The van der Waals surface area contributed by atoms with E-state index in [-0.39, 0.29) is 5.69 Å². The second-order valence-electron chi connectivity index (χ2n) is 5.47. The number of rotatable bonds is 7. The summed E-state index contributed by atoms with van der Waals surface area (Å²) in [4.78, 5) is 12.1. The molecule has 3 aromatic rings. The van der Waals surface area contributed by atoms with Crippen molar-refractivity contribution < 1.29 is 9.47 Å². The van der Waals surface area contributed by atoms with E-state index in [9.17, 15) is 4.79 Å². The zero-order valence-electron chi connectivity index (χ0n) is 14.4. The molecule has 1 heterocycles. The van der Waals surface area contributed by atoms with Crippen LogP contribution in [0, 0.1) is 0 Å². The Morgan fingerprint density at radius 1 is 1.15 bits per heavy atom. The number of H-pyrrole nitrogens is 1. The van der Waals surface area contributed by atoms with Gasteiger partial charge in [-0.3, -0.25) is 4.57 Å². The molecule has 136 valence electrons. The van der Waals surface area contributed by atoms with Gasteiger partial charge in [-0.25, -0.2) is 9.89 Å². The van der Waals surface area contributed by atoms with Crippen LogP contribution in [0.5, 0.6) is 11.5 Å². The standard InChI is InChI=1S/C18H18BrN3O3S/c1-24-15-8-13(14(19)9-16(15)25-2)11-26-18-21-20-17(23)22(18)10-12-6-4-3-5-7-12/h3-9H,10-11H2,1-2H3,(H,20,23). The SMILES string of the molecule is COc1cc(Br)c(CSc2n[nH]c(=O)n2Cc2ccccc2)cc1OC. The molecule has 0 aliphatic carbocycles. The van der Waals surface area contributed by atoms with Crippen molar-refractivity contribution in [3.8, 4) is 11.5 Å². The van der Waals surface area contributed by atoms with Gasteiger partial charge < -0.3 is 9.47 Å². The minimum absolute atomic E-state index is 0.220. The quantitative estimate of drug-likeness (QED) is 0.573. The number of nitrogens with one attached hydrogen (secondary N) is 1. The number of benzene rings is 2. The van der Waals surface area contributed by atoms with Gasteiger partial charge in [0.15, 0.2) is 16.7 Å². The van der Waals surface area contributed by atoms with Crippen molar-refractivity contribution in [3.63, 3.8) is 0 Å². The third-order valence-electron chi connectivity index (χ3n) is 3.82. The van der Waals surface area contributed by atoms with Gasteiger partial charge in [0.2, 0.25) is 0 Å². The maximum absolute atomic E-state index is 12.1. The van der Waals surface area contributed by atoms with Crippen molar-refractivity contribution in [2.45, 2.75) is 17.5 Å². The molecule has 6 nitrogen and oxygen atoms in total. The number of hydrogen-bond acceptors (Lipinski definition) is 5. The van der Waals surface area contributed by atoms with E-state index in [2.05, 4.69) is 26.1 Å². The predicted molar refractivity (Wildman–Crippen MR) is 105 cm³/mol. The molecule has 0 radical (unpaired) electrons. The summed E-state index contributed by atoms with van der Waals surface area (Å²) < 4.78 is 13.2. The highest BCUT2D eigenvalue weighted by Gasteiger charge is 2.13. The van der Waals surface area contributed by atoms with E-state index < -0.39 is 0 Å². The molecule has 0 aliphatic rings. The van der Waals surface area contributed by atoms with Crippen molar-refractivity contribution in [2.24, 2.45) is 0 Å². The molecule has 26 heavy (non-hydrogen) atoms. The number of hydrogen-bond donors (Lipinski definition) is 1. The fourth-order valence-corrected chi connectivity index (χ4v) is 4.05. The minimum Gasteiger partial charge on any atom is -0.493 e. The summed E-state index contributed by atoms with van der Waals surface area (Å²) in [6, 6.07) is 13.6. The van der Waals surface area contributed by atoms with E-state index >= 15 is 0 Å². The van der Waals surface area contributed by atoms with Crippen LogP contribution in [0.2, 0.25) is 0 Å². The molecule has 0 aliphatic heterocycles. The first-order chi connectivity index (χ1) is 12.6. The molecule has 1 N–H and O–H groups in total. The van der Waals surface area contributed by atoms with Crippen LogP contribution in [0.3, 0.4) is 0 Å². The van der Waals surface area contributed by atoms with Gasteiger partial charge in [0, 0.05) is 10.2 Å². The number of aromatic nitrogens is 3. The van der Waals surface area contributed by atoms with Gasteiger partial charge >= 0.3 is 5.69 Å². The number of thioether (sulfide) groups is 1. The first kappa shape index (κ1) is 18.6. The van der Waals surface area contributed by atoms with Crippen LogP contribution in [-0.4, -0.2) is 29.0 Å². The molecule has 0 spiro atoms. The maximum Gasteiger partial charge on any atom is 0.344 e. The van der Waals surface area contributed by atoms with Gasteiger partial charge in [-0.05, 0) is 23.3 Å². The zero-order valence-corrected chi connectivity index (χ0v) is 16.8. The van der Waals surface area contributed by atoms with Gasteiger partial charge in [0.05, 0.1) is 20.8 Å². The molecule has 0 bridgehead atoms. The van der Waals surface area contributed by atoms with Gasteiger partial charge in [-0.2, -0.15) is 0 Å². The lowest BCUT2D eigenvalue weighted by Crippen LogP contribution is -2.18. The Hall–Kier alpha value is -2.19. The minimum atomic E-state index is -0.220. The van der Waals surface area contributed by atoms with Crippen LogP contribution in [-0.2, 0) is 12.3 Å². The lowest BCUT2D eigenvalue weighted by atomic mass is 10.2. The lowest BCUT2D eigenvalue weighted by Gasteiger charge is -2.12. The van der Waals surface area contributed by atoms with Gasteiger partial charge in [0.25, 0.3) is 0 Å². The molecular formula is C18H18BrN3O3S. The van der Waals surface area contributed by atoms with Gasteiger partial charge in [-0.1, -0.05) is 58.0 Å². The van der Waals surface area contributed by atoms with E-state index in [1.165, 1.54) is 11.8 Å². The van der Waals surface area contributed by atoms with Gasteiger partial charge in [0.1, 0.15) is 0 Å². The van der Waals surface area contributed by atoms with Crippen molar-refractivity contribution in [1.29, 1.82) is 0 Å². The topological polar surface area (TPSA) is 69.1 Å². The summed E-state index contributed by atoms with van der Waals surface area (Å²) in [5, 5.41) is 7.32. The number of halogens is 1. The fraction of sp³-hybridized carbons (Fsp3) is 0.222. The second kappa shape index (κ2) is 8.46. The number of aromatic amines is 1. The highest BCUT2D eigenvalue weighted by atomic mass is 79.9. The summed E-state index contributed by atoms with van der Waals surface area (Å²) in [6.07, 6.45) is 0. The number of ether oxygens (including phenoxy) is 2. The Morgan fingerprint density at radius 2 is 1.85 bits per heavy atom. The first-order valence-corrected chi connectivity index (χ1v) is 9.62. The predicted octanol–water partition coefficient (Wildman–Crippen LogP) is 3.69. The highest BCUT2D eigenvalue weighted by Crippen LogP contribution is 2.35. The summed E-state index contributed by atoms with van der Waals surface area (Å²) in [6.45, 7) is 0.478. The van der Waals surface area contributed by atoms with Crippen LogP contribution >= 0.6 is 27.7 Å². The zero-order chi connectivity index (χ0) is 18.5. The molecule has 0 saturated heterocycles. The maximum atomic E-state index is 12.1. The molecule has 8 heteroatoms. The highest BCUT2D eigenvalue weighted by molar-refractivity contribution is 9.10. The van der Waals surface area contributed by atoms with Crippen molar-refractivity contribution in [1.82, 2.24) is 14.8 Å². The van der Waals surface area contributed by atoms with Crippen molar-refractivity contribution in [3.05, 3.63) is 68.5 Å². The average Bonchev–Trinajstić information content (AvgIpc) is 3.01. The smallest absolute Gasteiger partial charge is 0.344 e. The molecular weight excluding hydrogens is 418 g/mol. The van der Waals surface area contributed by atoms with E-state index in [4.69, 9.17) is 9.47 Å². The Kier molecular flexibility index (Phi) is 6.05. The monoisotopic (exact) mass is 435 g/mol. The van der Waals surface area contributed by atoms with Crippen LogP contribution < -0.4 is 15.2 Å². The second-order valence-corrected chi connectivity index (χ2v) is 7.27. The fourth-order valence-electron chi connectivity index (χ4n) is 2.47. The normalized spacial score (nSPS) is 10.7. The molecule has 0 atom stereocenters. The number of methoxy groups -OCH3 is 2. The van der Waals surface area contributed by atoms with Crippen LogP contribution in [0.4, 0.5) is 0 Å². The van der Waals surface area contributed by atoms with Crippen LogP contribution in [0.1, 0.15) is 11.1 Å². The summed E-state index contributed by atoms with van der Waals surface area (Å²) in [5.74, 6) is 1.95. The van der Waals surface area contributed by atoms with Crippen molar-refractivity contribution in [2.75, 3.05) is 14.2 Å². The third kappa shape index (κ3) is 4.13. The van der Waals surface area contributed by atoms with E-state index in [0.717, 1.165) is 15.6 Å². The van der Waals surface area contributed by atoms with Crippen LogP contribution in [0.15, 0.2) is 56.9 Å². The summed E-state index contributed by atoms with van der Waals surface area (Å²) in [7, 11) is 3.21.